The Morgan fingerprint density at radius 2 is 2.39 bits per heavy atom. The van der Waals surface area contributed by atoms with E-state index in [1.54, 1.807) is 7.11 Å². The molecule has 1 aromatic heterocycles. The lowest BCUT2D eigenvalue weighted by molar-refractivity contribution is 0.187. The van der Waals surface area contributed by atoms with Crippen LogP contribution >= 0.6 is 0 Å². The first kappa shape index (κ1) is 13.4. The van der Waals surface area contributed by atoms with Gasteiger partial charge in [0.25, 0.3) is 0 Å². The van der Waals surface area contributed by atoms with Crippen molar-refractivity contribution in [2.24, 2.45) is 11.7 Å². The van der Waals surface area contributed by atoms with Gasteiger partial charge in [-0.1, -0.05) is 0 Å². The number of methoxy groups -OCH3 is 1. The number of hydrogen-bond donors (Lipinski definition) is 1. The minimum absolute atomic E-state index is 0.262. The summed E-state index contributed by atoms with van der Waals surface area (Å²) >= 11 is 0. The zero-order valence-electron chi connectivity index (χ0n) is 11.6. The van der Waals surface area contributed by atoms with Crippen LogP contribution in [0.2, 0.25) is 0 Å². The molecule has 5 heteroatoms. The van der Waals surface area contributed by atoms with Gasteiger partial charge in [0.05, 0.1) is 12.3 Å². The molecule has 2 rings (SSSR count). The first-order chi connectivity index (χ1) is 8.61. The van der Waals surface area contributed by atoms with E-state index in [2.05, 4.69) is 27.6 Å². The second kappa shape index (κ2) is 5.71. The Hall–Kier alpha value is -1.07. The highest BCUT2D eigenvalue weighted by Gasteiger charge is 2.27. The summed E-state index contributed by atoms with van der Waals surface area (Å²) in [5.74, 6) is 1.64. The molecule has 2 unspecified atom stereocenters. The summed E-state index contributed by atoms with van der Waals surface area (Å²) in [7, 11) is 1.73. The Balaban J connectivity index is 2.08. The first-order valence-electron chi connectivity index (χ1n) is 6.65. The Kier molecular flexibility index (Phi) is 4.24. The van der Waals surface area contributed by atoms with Gasteiger partial charge < -0.3 is 19.9 Å². The number of nitrogens with zero attached hydrogens (tertiary/aromatic N) is 3. The van der Waals surface area contributed by atoms with E-state index >= 15 is 0 Å². The molecule has 2 N–H and O–H groups in total. The van der Waals surface area contributed by atoms with Gasteiger partial charge in [0.1, 0.15) is 0 Å². The second-order valence-electron chi connectivity index (χ2n) is 5.22. The summed E-state index contributed by atoms with van der Waals surface area (Å²) in [5, 5.41) is 0. The zero-order valence-corrected chi connectivity index (χ0v) is 11.6. The fourth-order valence-corrected chi connectivity index (χ4v) is 2.54. The molecule has 1 aliphatic heterocycles. The summed E-state index contributed by atoms with van der Waals surface area (Å²) in [6.45, 7) is 7.76. The molecule has 0 aliphatic carbocycles. The molecule has 0 saturated carbocycles. The maximum absolute atomic E-state index is 5.99. The van der Waals surface area contributed by atoms with Crippen molar-refractivity contribution in [2.45, 2.75) is 32.9 Å². The molecule has 2 heterocycles. The van der Waals surface area contributed by atoms with Crippen LogP contribution in [0.4, 0.5) is 5.95 Å². The van der Waals surface area contributed by atoms with Crippen LogP contribution in [-0.2, 0) is 11.3 Å². The average molecular weight is 252 g/mol. The van der Waals surface area contributed by atoms with Gasteiger partial charge in [-0.05, 0) is 26.2 Å². The van der Waals surface area contributed by atoms with Crippen LogP contribution in [0.15, 0.2) is 6.20 Å². The summed E-state index contributed by atoms with van der Waals surface area (Å²) in [5.41, 5.74) is 7.05. The van der Waals surface area contributed by atoms with Crippen LogP contribution in [0.1, 0.15) is 19.0 Å². The second-order valence-corrected chi connectivity index (χ2v) is 5.22. The fourth-order valence-electron chi connectivity index (χ4n) is 2.54. The van der Waals surface area contributed by atoms with Crippen molar-refractivity contribution in [3.05, 3.63) is 11.9 Å². The van der Waals surface area contributed by atoms with Gasteiger partial charge >= 0.3 is 0 Å². The quantitative estimate of drug-likeness (QED) is 0.850. The monoisotopic (exact) mass is 252 g/mol. The number of anilines is 1. The lowest BCUT2D eigenvalue weighted by atomic mass is 10.0. The number of nitrogens with two attached hydrogens (primary N) is 1. The minimum atomic E-state index is 0.262. The molecule has 1 aromatic rings. The van der Waals surface area contributed by atoms with Gasteiger partial charge in [-0.25, -0.2) is 4.98 Å². The smallest absolute Gasteiger partial charge is 0.205 e. The largest absolute Gasteiger partial charge is 0.383 e. The Morgan fingerprint density at radius 3 is 3.00 bits per heavy atom. The fraction of sp³-hybridized carbons (Fsp3) is 0.769. The number of imidazole rings is 1. The van der Waals surface area contributed by atoms with E-state index in [-0.39, 0.29) is 6.04 Å². The highest BCUT2D eigenvalue weighted by atomic mass is 16.5. The molecule has 18 heavy (non-hydrogen) atoms. The van der Waals surface area contributed by atoms with E-state index in [1.165, 1.54) is 0 Å². The van der Waals surface area contributed by atoms with Gasteiger partial charge in [-0.15, -0.1) is 0 Å². The van der Waals surface area contributed by atoms with Crippen LogP contribution in [0.3, 0.4) is 0 Å². The van der Waals surface area contributed by atoms with Crippen molar-refractivity contribution in [3.63, 3.8) is 0 Å². The number of aromatic nitrogens is 2. The lowest BCUT2D eigenvalue weighted by Gasteiger charge is -2.20. The van der Waals surface area contributed by atoms with E-state index in [1.807, 2.05) is 6.92 Å². The Labute approximate surface area is 109 Å². The maximum atomic E-state index is 5.99. The SMILES string of the molecule is COCCn1cc(C)nc1N1CCC(C(C)N)C1. The van der Waals surface area contributed by atoms with Crippen molar-refractivity contribution in [1.82, 2.24) is 9.55 Å². The number of hydrogen-bond acceptors (Lipinski definition) is 4. The molecule has 0 aromatic carbocycles. The van der Waals surface area contributed by atoms with Gasteiger partial charge in [0.2, 0.25) is 5.95 Å². The first-order valence-corrected chi connectivity index (χ1v) is 6.65. The molecular formula is C13H24N4O. The molecule has 0 spiro atoms. The van der Waals surface area contributed by atoms with Crippen molar-refractivity contribution in [3.8, 4) is 0 Å². The third-order valence-electron chi connectivity index (χ3n) is 3.66. The average Bonchev–Trinajstić information content (AvgIpc) is 2.92. The molecule has 102 valence electrons. The van der Waals surface area contributed by atoms with Crippen molar-refractivity contribution < 1.29 is 4.74 Å². The van der Waals surface area contributed by atoms with Crippen LogP contribution < -0.4 is 10.6 Å². The van der Waals surface area contributed by atoms with E-state index in [0.29, 0.717) is 12.5 Å². The third kappa shape index (κ3) is 2.84. The topological polar surface area (TPSA) is 56.3 Å². The minimum Gasteiger partial charge on any atom is -0.383 e. The molecule has 5 nitrogen and oxygen atoms in total. The molecule has 1 fully saturated rings. The van der Waals surface area contributed by atoms with Crippen molar-refractivity contribution in [1.29, 1.82) is 0 Å². The van der Waals surface area contributed by atoms with Gasteiger partial charge in [0, 0.05) is 39.0 Å². The van der Waals surface area contributed by atoms with Crippen LogP contribution in [-0.4, -0.2) is 42.4 Å². The van der Waals surface area contributed by atoms with E-state index < -0.39 is 0 Å². The summed E-state index contributed by atoms with van der Waals surface area (Å²) in [6.07, 6.45) is 3.25. The lowest BCUT2D eigenvalue weighted by Crippen LogP contribution is -2.30. The number of rotatable bonds is 5. The van der Waals surface area contributed by atoms with Gasteiger partial charge in [-0.3, -0.25) is 0 Å². The number of aryl methyl sites for hydroxylation is 1. The Bertz CT molecular complexity index is 388. The standard InChI is InChI=1S/C13H24N4O/c1-10-8-17(6-7-18-3)13(15-10)16-5-4-12(9-16)11(2)14/h8,11-12H,4-7,9,14H2,1-3H3. The molecule has 1 aliphatic rings. The number of ether oxygens (including phenoxy) is 1. The zero-order chi connectivity index (χ0) is 13.1. The molecule has 0 radical (unpaired) electrons. The normalized spacial score (nSPS) is 21.6. The summed E-state index contributed by atoms with van der Waals surface area (Å²) in [6, 6.07) is 0.262. The van der Waals surface area contributed by atoms with E-state index in [0.717, 1.165) is 37.7 Å². The van der Waals surface area contributed by atoms with Gasteiger partial charge in [0.15, 0.2) is 0 Å². The summed E-state index contributed by atoms with van der Waals surface area (Å²) in [4.78, 5) is 6.98. The predicted molar refractivity (Wildman–Crippen MR) is 72.8 cm³/mol. The van der Waals surface area contributed by atoms with Crippen molar-refractivity contribution in [2.75, 3.05) is 31.7 Å². The summed E-state index contributed by atoms with van der Waals surface area (Å²) < 4.78 is 7.33. The molecule has 0 amide bonds. The van der Waals surface area contributed by atoms with Crippen LogP contribution in [0.5, 0.6) is 0 Å². The molecular weight excluding hydrogens is 228 g/mol. The van der Waals surface area contributed by atoms with E-state index in [9.17, 15) is 0 Å². The highest BCUT2D eigenvalue weighted by Crippen LogP contribution is 2.24. The Morgan fingerprint density at radius 1 is 1.61 bits per heavy atom. The molecule has 0 bridgehead atoms. The van der Waals surface area contributed by atoms with E-state index in [4.69, 9.17) is 10.5 Å². The third-order valence-corrected chi connectivity index (χ3v) is 3.66. The molecule has 2 atom stereocenters. The van der Waals surface area contributed by atoms with Crippen LogP contribution in [0.25, 0.3) is 0 Å². The van der Waals surface area contributed by atoms with Crippen LogP contribution in [0, 0.1) is 12.8 Å². The maximum Gasteiger partial charge on any atom is 0.205 e. The highest BCUT2D eigenvalue weighted by molar-refractivity contribution is 5.35. The van der Waals surface area contributed by atoms with Gasteiger partial charge in [-0.2, -0.15) is 0 Å². The van der Waals surface area contributed by atoms with Crippen molar-refractivity contribution >= 4 is 5.95 Å². The predicted octanol–water partition coefficient (Wildman–Crippen LogP) is 1.01. The molecule has 1 saturated heterocycles.